The van der Waals surface area contributed by atoms with E-state index in [9.17, 15) is 4.79 Å². The summed E-state index contributed by atoms with van der Waals surface area (Å²) in [4.78, 5) is 14.7. The molecule has 0 bridgehead atoms. The number of rotatable bonds is 7. The summed E-state index contributed by atoms with van der Waals surface area (Å²) >= 11 is 0. The molecule has 4 unspecified atom stereocenters. The first-order valence-electron chi connectivity index (χ1n) is 7.92. The quantitative estimate of drug-likeness (QED) is 0.667. The standard InChI is InChI=1S/C15H29N3O2/c1-4-14-13-9-16-8-12(13)10-18(14)11(2)15(19)17-6-5-7-20-3/h11-14,16H,4-10H2,1-3H3,(H,17,19). The average Bonchev–Trinajstić information content (AvgIpc) is 3.02. The number of hydrogen-bond acceptors (Lipinski definition) is 4. The fourth-order valence-corrected chi connectivity index (χ4v) is 3.76. The van der Waals surface area contributed by atoms with Gasteiger partial charge in [-0.05, 0) is 44.7 Å². The Hall–Kier alpha value is -0.650. The molecule has 2 saturated heterocycles. The van der Waals surface area contributed by atoms with Crippen molar-refractivity contribution in [2.75, 3.05) is 39.9 Å². The van der Waals surface area contributed by atoms with Gasteiger partial charge in [-0.25, -0.2) is 0 Å². The van der Waals surface area contributed by atoms with Crippen LogP contribution in [0, 0.1) is 11.8 Å². The molecule has 0 radical (unpaired) electrons. The van der Waals surface area contributed by atoms with Crippen molar-refractivity contribution >= 4 is 5.91 Å². The number of carbonyl (C=O) groups excluding carboxylic acids is 1. The molecule has 0 saturated carbocycles. The molecule has 4 atom stereocenters. The van der Waals surface area contributed by atoms with Gasteiger partial charge in [-0.3, -0.25) is 9.69 Å². The molecule has 2 rings (SSSR count). The maximum atomic E-state index is 12.3. The number of carbonyl (C=O) groups is 1. The Morgan fingerprint density at radius 2 is 2.30 bits per heavy atom. The second kappa shape index (κ2) is 7.38. The molecule has 2 aliphatic rings. The number of nitrogens with one attached hydrogen (secondary N) is 2. The summed E-state index contributed by atoms with van der Waals surface area (Å²) in [7, 11) is 1.69. The molecule has 116 valence electrons. The minimum Gasteiger partial charge on any atom is -0.385 e. The zero-order valence-corrected chi connectivity index (χ0v) is 13.0. The summed E-state index contributed by atoms with van der Waals surface area (Å²) in [5.41, 5.74) is 0. The van der Waals surface area contributed by atoms with Crippen LogP contribution in [0.15, 0.2) is 0 Å². The highest BCUT2D eigenvalue weighted by atomic mass is 16.5. The van der Waals surface area contributed by atoms with E-state index in [2.05, 4.69) is 22.5 Å². The fraction of sp³-hybridized carbons (Fsp3) is 0.933. The highest BCUT2D eigenvalue weighted by molar-refractivity contribution is 5.81. The lowest BCUT2D eigenvalue weighted by Crippen LogP contribution is -2.49. The largest absolute Gasteiger partial charge is 0.385 e. The van der Waals surface area contributed by atoms with E-state index >= 15 is 0 Å². The van der Waals surface area contributed by atoms with Crippen LogP contribution in [-0.2, 0) is 9.53 Å². The Bertz CT molecular complexity index is 324. The van der Waals surface area contributed by atoms with Crippen molar-refractivity contribution < 1.29 is 9.53 Å². The fourth-order valence-electron chi connectivity index (χ4n) is 3.76. The minimum absolute atomic E-state index is 0.0203. The van der Waals surface area contributed by atoms with Gasteiger partial charge in [-0.1, -0.05) is 6.92 Å². The van der Waals surface area contributed by atoms with Crippen molar-refractivity contribution in [1.29, 1.82) is 0 Å². The summed E-state index contributed by atoms with van der Waals surface area (Å²) < 4.78 is 5.00. The van der Waals surface area contributed by atoms with E-state index in [0.717, 1.165) is 44.3 Å². The second-order valence-corrected chi connectivity index (χ2v) is 6.07. The van der Waals surface area contributed by atoms with E-state index in [-0.39, 0.29) is 11.9 Å². The number of nitrogens with zero attached hydrogens (tertiary/aromatic N) is 1. The van der Waals surface area contributed by atoms with E-state index in [1.807, 2.05) is 6.92 Å². The van der Waals surface area contributed by atoms with Gasteiger partial charge in [0.15, 0.2) is 0 Å². The van der Waals surface area contributed by atoms with Crippen LogP contribution in [0.25, 0.3) is 0 Å². The number of amides is 1. The maximum Gasteiger partial charge on any atom is 0.237 e. The number of likely N-dealkylation sites (tertiary alicyclic amines) is 1. The zero-order chi connectivity index (χ0) is 14.5. The van der Waals surface area contributed by atoms with E-state index < -0.39 is 0 Å². The van der Waals surface area contributed by atoms with E-state index in [1.54, 1.807) is 7.11 Å². The molecule has 2 aliphatic heterocycles. The summed E-state index contributed by atoms with van der Waals surface area (Å²) in [5.74, 6) is 1.61. The lowest BCUT2D eigenvalue weighted by atomic mass is 9.92. The van der Waals surface area contributed by atoms with Crippen molar-refractivity contribution in [3.63, 3.8) is 0 Å². The number of hydrogen-bond donors (Lipinski definition) is 2. The highest BCUT2D eigenvalue weighted by Crippen LogP contribution is 2.35. The molecule has 5 nitrogen and oxygen atoms in total. The summed E-state index contributed by atoms with van der Waals surface area (Å²) in [5, 5.41) is 6.51. The third kappa shape index (κ3) is 3.32. The summed E-state index contributed by atoms with van der Waals surface area (Å²) in [6, 6.07) is 0.530. The van der Waals surface area contributed by atoms with Gasteiger partial charge in [0.1, 0.15) is 0 Å². The Balaban J connectivity index is 1.85. The molecule has 1 amide bonds. The Morgan fingerprint density at radius 1 is 1.50 bits per heavy atom. The second-order valence-electron chi connectivity index (χ2n) is 6.07. The van der Waals surface area contributed by atoms with Crippen LogP contribution < -0.4 is 10.6 Å². The Morgan fingerprint density at radius 3 is 3.00 bits per heavy atom. The Labute approximate surface area is 122 Å². The van der Waals surface area contributed by atoms with Crippen LogP contribution in [0.4, 0.5) is 0 Å². The molecule has 20 heavy (non-hydrogen) atoms. The minimum atomic E-state index is -0.0203. The molecule has 0 aromatic rings. The van der Waals surface area contributed by atoms with Crippen LogP contribution in [0.1, 0.15) is 26.7 Å². The van der Waals surface area contributed by atoms with Gasteiger partial charge in [0.2, 0.25) is 5.91 Å². The van der Waals surface area contributed by atoms with E-state index in [0.29, 0.717) is 19.2 Å². The van der Waals surface area contributed by atoms with E-state index in [1.165, 1.54) is 0 Å². The predicted molar refractivity (Wildman–Crippen MR) is 79.6 cm³/mol. The molecular formula is C15H29N3O2. The molecule has 0 aliphatic carbocycles. The highest BCUT2D eigenvalue weighted by Gasteiger charge is 2.45. The van der Waals surface area contributed by atoms with Crippen molar-refractivity contribution in [2.45, 2.75) is 38.8 Å². The average molecular weight is 283 g/mol. The van der Waals surface area contributed by atoms with Crippen molar-refractivity contribution in [2.24, 2.45) is 11.8 Å². The van der Waals surface area contributed by atoms with Crippen LogP contribution >= 0.6 is 0 Å². The molecule has 0 aromatic heterocycles. The van der Waals surface area contributed by atoms with Crippen LogP contribution in [0.5, 0.6) is 0 Å². The summed E-state index contributed by atoms with van der Waals surface area (Å²) in [6.07, 6.45) is 2.01. The first-order valence-corrected chi connectivity index (χ1v) is 7.92. The van der Waals surface area contributed by atoms with Crippen molar-refractivity contribution in [1.82, 2.24) is 15.5 Å². The molecule has 0 aromatic carbocycles. The SMILES string of the molecule is CCC1C2CNCC2CN1C(C)C(=O)NCCCOC. The summed E-state index contributed by atoms with van der Waals surface area (Å²) in [6.45, 7) is 8.97. The number of methoxy groups -OCH3 is 1. The van der Waals surface area contributed by atoms with E-state index in [4.69, 9.17) is 4.74 Å². The van der Waals surface area contributed by atoms with Gasteiger partial charge in [0.25, 0.3) is 0 Å². The van der Waals surface area contributed by atoms with Gasteiger partial charge >= 0.3 is 0 Å². The third-order valence-electron chi connectivity index (χ3n) is 4.88. The zero-order valence-electron chi connectivity index (χ0n) is 13.0. The predicted octanol–water partition coefficient (Wildman–Crippen LogP) is 0.457. The first-order chi connectivity index (χ1) is 9.69. The molecule has 2 heterocycles. The lowest BCUT2D eigenvalue weighted by Gasteiger charge is -2.31. The van der Waals surface area contributed by atoms with Gasteiger partial charge in [-0.15, -0.1) is 0 Å². The molecule has 5 heteroatoms. The van der Waals surface area contributed by atoms with Crippen LogP contribution in [0.2, 0.25) is 0 Å². The maximum absolute atomic E-state index is 12.3. The molecule has 2 fully saturated rings. The van der Waals surface area contributed by atoms with Gasteiger partial charge in [-0.2, -0.15) is 0 Å². The normalized spacial score (nSPS) is 31.2. The van der Waals surface area contributed by atoms with Crippen molar-refractivity contribution in [3.8, 4) is 0 Å². The third-order valence-corrected chi connectivity index (χ3v) is 4.88. The lowest BCUT2D eigenvalue weighted by molar-refractivity contribution is -0.126. The van der Waals surface area contributed by atoms with Crippen LogP contribution in [0.3, 0.4) is 0 Å². The number of ether oxygens (including phenoxy) is 1. The smallest absolute Gasteiger partial charge is 0.237 e. The molecule has 2 N–H and O–H groups in total. The Kier molecular flexibility index (Phi) is 5.81. The van der Waals surface area contributed by atoms with Gasteiger partial charge < -0.3 is 15.4 Å². The molecular weight excluding hydrogens is 254 g/mol. The van der Waals surface area contributed by atoms with Crippen molar-refractivity contribution in [3.05, 3.63) is 0 Å². The monoisotopic (exact) mass is 283 g/mol. The number of fused-ring (bicyclic) bond motifs is 1. The first kappa shape index (κ1) is 15.7. The van der Waals surface area contributed by atoms with Gasteiger partial charge in [0.05, 0.1) is 6.04 Å². The molecule has 0 spiro atoms. The van der Waals surface area contributed by atoms with Gasteiger partial charge in [0, 0.05) is 32.8 Å². The topological polar surface area (TPSA) is 53.6 Å². The van der Waals surface area contributed by atoms with Crippen LogP contribution in [-0.4, -0.2) is 62.8 Å².